The van der Waals surface area contributed by atoms with Crippen molar-refractivity contribution in [2.24, 2.45) is 10.2 Å². The second-order valence-electron chi connectivity index (χ2n) is 10.9. The van der Waals surface area contributed by atoms with Crippen LogP contribution in [0.25, 0.3) is 0 Å². The normalized spacial score (nSPS) is 10.8. The topological polar surface area (TPSA) is 172 Å². The third-order valence-electron chi connectivity index (χ3n) is 7.28. The van der Waals surface area contributed by atoms with Crippen molar-refractivity contribution in [1.29, 1.82) is 0 Å². The van der Waals surface area contributed by atoms with E-state index >= 15 is 0 Å². The fraction of sp³-hybridized carbons (Fsp3) is 0.211. The van der Waals surface area contributed by atoms with Crippen molar-refractivity contribution in [3.05, 3.63) is 107 Å². The lowest BCUT2D eigenvalue weighted by atomic mass is 10.2. The minimum absolute atomic E-state index is 0.182. The molecule has 4 aromatic carbocycles. The summed E-state index contributed by atoms with van der Waals surface area (Å²) in [6.07, 6.45) is 4.24. The van der Waals surface area contributed by atoms with E-state index in [1.807, 2.05) is 0 Å². The highest BCUT2D eigenvalue weighted by atomic mass is 16.5. The maximum Gasteiger partial charge on any atom is 0.343 e. The third kappa shape index (κ3) is 11.4. The standard InChI is InChI=1S/C38H38N4O10/c1-47-31-19-13-27(21-33(31)49-3)37(45)51-29-15-9-25(10-16-29)23-39-41-35(43)7-5-6-8-36(44)42-40-24-26-11-17-30(18-12-26)52-38(46)28-14-20-32(48-2)34(22-28)50-4/h9-24H,5-8H2,1-4H3,(H,41,43)(H,42,44)/b39-23+,40-24+. The average molecular weight is 711 g/mol. The molecule has 0 atom stereocenters. The van der Waals surface area contributed by atoms with Crippen molar-refractivity contribution in [1.82, 2.24) is 10.9 Å². The molecule has 0 aliphatic heterocycles. The van der Waals surface area contributed by atoms with Crippen LogP contribution < -0.4 is 39.3 Å². The molecule has 2 amide bonds. The van der Waals surface area contributed by atoms with Crippen molar-refractivity contribution in [3.63, 3.8) is 0 Å². The number of rotatable bonds is 17. The first-order chi connectivity index (χ1) is 25.2. The molecule has 0 aliphatic carbocycles. The number of carbonyl (C=O) groups excluding carboxylic acids is 4. The van der Waals surface area contributed by atoms with Crippen molar-refractivity contribution < 1.29 is 47.6 Å². The van der Waals surface area contributed by atoms with Gasteiger partial charge in [-0.15, -0.1) is 0 Å². The Bertz CT molecular complexity index is 1770. The minimum atomic E-state index is -0.558. The number of methoxy groups -OCH3 is 4. The van der Waals surface area contributed by atoms with E-state index in [1.165, 1.54) is 53.0 Å². The molecule has 0 aliphatic rings. The Labute approximate surface area is 300 Å². The van der Waals surface area contributed by atoms with E-state index in [4.69, 9.17) is 28.4 Å². The lowest BCUT2D eigenvalue weighted by Crippen LogP contribution is -2.19. The van der Waals surface area contributed by atoms with Gasteiger partial charge in [-0.05, 0) is 109 Å². The second kappa shape index (κ2) is 19.5. The number of esters is 2. The SMILES string of the molecule is COc1ccc(C(=O)Oc2ccc(/C=N/NC(=O)CCCCC(=O)N/N=C/c3ccc(OC(=O)c4ccc(OC)c(OC)c4)cc3)cc2)cc1OC. The molecule has 0 spiro atoms. The molecule has 0 aromatic heterocycles. The summed E-state index contributed by atoms with van der Waals surface area (Å²) in [5, 5.41) is 7.91. The quantitative estimate of drug-likeness (QED) is 0.0480. The Balaban J connectivity index is 1.10. The van der Waals surface area contributed by atoms with Gasteiger partial charge in [-0.3, -0.25) is 9.59 Å². The maximum absolute atomic E-state index is 12.5. The van der Waals surface area contributed by atoms with Crippen molar-refractivity contribution in [2.75, 3.05) is 28.4 Å². The van der Waals surface area contributed by atoms with Crippen LogP contribution in [0, 0.1) is 0 Å². The molecule has 0 saturated carbocycles. The lowest BCUT2D eigenvalue weighted by molar-refractivity contribution is -0.123. The number of hydrazone groups is 2. The van der Waals surface area contributed by atoms with Crippen LogP contribution in [-0.4, -0.2) is 64.6 Å². The number of amides is 2. The third-order valence-corrected chi connectivity index (χ3v) is 7.28. The highest BCUT2D eigenvalue weighted by Gasteiger charge is 2.14. The van der Waals surface area contributed by atoms with Crippen molar-refractivity contribution >= 4 is 36.2 Å². The zero-order valence-electron chi connectivity index (χ0n) is 29.0. The number of carbonyl (C=O) groups is 4. The molecule has 2 N–H and O–H groups in total. The molecule has 4 aromatic rings. The molecule has 14 heteroatoms. The van der Waals surface area contributed by atoms with E-state index in [0.717, 1.165) is 0 Å². The molecular weight excluding hydrogens is 672 g/mol. The molecular formula is C38H38N4O10. The fourth-order valence-corrected chi connectivity index (χ4v) is 4.54. The van der Waals surface area contributed by atoms with Gasteiger partial charge in [-0.1, -0.05) is 0 Å². The molecule has 0 radical (unpaired) electrons. The molecule has 0 unspecified atom stereocenters. The Morgan fingerprint density at radius 1 is 0.519 bits per heavy atom. The van der Waals surface area contributed by atoms with Gasteiger partial charge in [-0.2, -0.15) is 10.2 Å². The predicted molar refractivity (Wildman–Crippen MR) is 192 cm³/mol. The number of nitrogens with zero attached hydrogens (tertiary/aromatic N) is 2. The second-order valence-corrected chi connectivity index (χ2v) is 10.9. The van der Waals surface area contributed by atoms with E-state index in [2.05, 4.69) is 21.1 Å². The molecule has 0 heterocycles. The van der Waals surface area contributed by atoms with Crippen LogP contribution in [0.5, 0.6) is 34.5 Å². The number of unbranched alkanes of at least 4 members (excludes halogenated alkanes) is 1. The smallest absolute Gasteiger partial charge is 0.343 e. The highest BCUT2D eigenvalue weighted by Crippen LogP contribution is 2.29. The summed E-state index contributed by atoms with van der Waals surface area (Å²) in [4.78, 5) is 49.3. The van der Waals surface area contributed by atoms with Gasteiger partial charge in [0, 0.05) is 12.8 Å². The average Bonchev–Trinajstić information content (AvgIpc) is 3.17. The Morgan fingerprint density at radius 2 is 0.885 bits per heavy atom. The van der Waals surface area contributed by atoms with Crippen molar-refractivity contribution in [2.45, 2.75) is 25.7 Å². The van der Waals surface area contributed by atoms with Gasteiger partial charge in [0.05, 0.1) is 52.0 Å². The first kappa shape index (κ1) is 38.1. The van der Waals surface area contributed by atoms with Gasteiger partial charge in [0.15, 0.2) is 23.0 Å². The maximum atomic E-state index is 12.5. The molecule has 0 saturated heterocycles. The first-order valence-electron chi connectivity index (χ1n) is 15.9. The Hall–Kier alpha value is -6.70. The molecule has 4 rings (SSSR count). The largest absolute Gasteiger partial charge is 0.493 e. The van der Waals surface area contributed by atoms with Crippen LogP contribution in [-0.2, 0) is 9.59 Å². The summed E-state index contributed by atoms with van der Waals surface area (Å²) >= 11 is 0. The van der Waals surface area contributed by atoms with Gasteiger partial charge >= 0.3 is 11.9 Å². The van der Waals surface area contributed by atoms with Gasteiger partial charge in [0.2, 0.25) is 11.8 Å². The Morgan fingerprint density at radius 3 is 1.23 bits per heavy atom. The number of hydrogen-bond donors (Lipinski definition) is 2. The van der Waals surface area contributed by atoms with Crippen LogP contribution in [0.2, 0.25) is 0 Å². The van der Waals surface area contributed by atoms with Gasteiger partial charge in [-0.25, -0.2) is 20.4 Å². The van der Waals surface area contributed by atoms with Gasteiger partial charge in [0.25, 0.3) is 0 Å². The summed E-state index contributed by atoms with van der Waals surface area (Å²) in [5.41, 5.74) is 6.86. The van der Waals surface area contributed by atoms with Crippen LogP contribution in [0.1, 0.15) is 57.5 Å². The first-order valence-corrected chi connectivity index (χ1v) is 15.9. The number of hydrogen-bond acceptors (Lipinski definition) is 12. The van der Waals surface area contributed by atoms with E-state index in [0.29, 0.717) is 69.6 Å². The van der Waals surface area contributed by atoms with Crippen LogP contribution in [0.15, 0.2) is 95.1 Å². The number of nitrogens with one attached hydrogen (secondary N) is 2. The van der Waals surface area contributed by atoms with Crippen LogP contribution >= 0.6 is 0 Å². The number of ether oxygens (including phenoxy) is 6. The zero-order valence-corrected chi connectivity index (χ0v) is 29.0. The summed E-state index contributed by atoms with van der Waals surface area (Å²) in [6, 6.07) is 22.6. The van der Waals surface area contributed by atoms with Crippen LogP contribution in [0.3, 0.4) is 0 Å². The zero-order chi connectivity index (χ0) is 37.3. The molecule has 14 nitrogen and oxygen atoms in total. The minimum Gasteiger partial charge on any atom is -0.493 e. The predicted octanol–water partition coefficient (Wildman–Crippen LogP) is 5.32. The highest BCUT2D eigenvalue weighted by molar-refractivity contribution is 5.93. The Kier molecular flexibility index (Phi) is 14.3. The summed E-state index contributed by atoms with van der Waals surface area (Å²) in [6.45, 7) is 0. The van der Waals surface area contributed by atoms with Crippen LogP contribution in [0.4, 0.5) is 0 Å². The molecule has 52 heavy (non-hydrogen) atoms. The fourth-order valence-electron chi connectivity index (χ4n) is 4.54. The van der Waals surface area contributed by atoms with E-state index < -0.39 is 11.9 Å². The summed E-state index contributed by atoms with van der Waals surface area (Å²) in [5.74, 6) is 0.770. The van der Waals surface area contributed by atoms with Gasteiger partial charge < -0.3 is 28.4 Å². The van der Waals surface area contributed by atoms with E-state index in [9.17, 15) is 19.2 Å². The molecule has 0 fully saturated rings. The summed E-state index contributed by atoms with van der Waals surface area (Å²) < 4.78 is 31.6. The monoisotopic (exact) mass is 710 g/mol. The van der Waals surface area contributed by atoms with Crippen molar-refractivity contribution in [3.8, 4) is 34.5 Å². The molecule has 0 bridgehead atoms. The van der Waals surface area contributed by atoms with E-state index in [-0.39, 0.29) is 24.7 Å². The summed E-state index contributed by atoms with van der Waals surface area (Å²) in [7, 11) is 5.97. The lowest BCUT2D eigenvalue weighted by Gasteiger charge is -2.09. The number of benzene rings is 4. The van der Waals surface area contributed by atoms with E-state index in [1.54, 1.807) is 72.8 Å². The molecule has 270 valence electrons. The van der Waals surface area contributed by atoms with Gasteiger partial charge in [0.1, 0.15) is 11.5 Å².